The minimum absolute atomic E-state index is 1.06. The second-order valence-corrected chi connectivity index (χ2v) is 5.15. The van der Waals surface area contributed by atoms with Crippen LogP contribution < -0.4 is 4.90 Å². The quantitative estimate of drug-likeness (QED) is 0.580. The molecule has 0 saturated carbocycles. The van der Waals surface area contributed by atoms with Crippen molar-refractivity contribution in [2.75, 3.05) is 23.8 Å². The molecule has 2 nitrogen and oxygen atoms in total. The minimum atomic E-state index is 1.06. The van der Waals surface area contributed by atoms with E-state index in [-0.39, 0.29) is 0 Å². The van der Waals surface area contributed by atoms with Crippen LogP contribution in [0.25, 0.3) is 0 Å². The molecule has 1 aromatic heterocycles. The van der Waals surface area contributed by atoms with E-state index in [1.54, 1.807) is 0 Å². The highest BCUT2D eigenvalue weighted by Gasteiger charge is 2.04. The van der Waals surface area contributed by atoms with Crippen molar-refractivity contribution in [2.24, 2.45) is 0 Å². The van der Waals surface area contributed by atoms with Crippen LogP contribution in [0.1, 0.15) is 19.3 Å². The summed E-state index contributed by atoms with van der Waals surface area (Å²) in [5, 5.41) is 1.11. The Bertz CT molecular complexity index is 292. The van der Waals surface area contributed by atoms with E-state index >= 15 is 0 Å². The Morgan fingerprint density at radius 3 is 2.80 bits per heavy atom. The minimum Gasteiger partial charge on any atom is -0.374 e. The predicted molar refractivity (Wildman–Crippen MR) is 72.9 cm³/mol. The summed E-state index contributed by atoms with van der Waals surface area (Å²) in [6.45, 7) is 1.09. The first-order valence-electron chi connectivity index (χ1n) is 5.12. The monoisotopic (exact) mass is 334 g/mol. The standard InChI is InChI=1S/C11H16Br2N2/c1-15(8-4-2-3-6-12)11-5-7-14-9-10(11)13/h5,7,9H,2-4,6,8H2,1H3. The largest absolute Gasteiger partial charge is 0.374 e. The van der Waals surface area contributed by atoms with Gasteiger partial charge in [0.2, 0.25) is 0 Å². The molecule has 1 heterocycles. The smallest absolute Gasteiger partial charge is 0.0592 e. The number of anilines is 1. The molecule has 0 fully saturated rings. The number of hydrogen-bond acceptors (Lipinski definition) is 2. The van der Waals surface area contributed by atoms with Crippen molar-refractivity contribution in [1.82, 2.24) is 4.98 Å². The lowest BCUT2D eigenvalue weighted by Crippen LogP contribution is -2.18. The van der Waals surface area contributed by atoms with Crippen molar-refractivity contribution < 1.29 is 0 Å². The van der Waals surface area contributed by atoms with Gasteiger partial charge in [0.05, 0.1) is 10.2 Å². The molecule has 0 aliphatic heterocycles. The molecule has 84 valence electrons. The summed E-state index contributed by atoms with van der Waals surface area (Å²) in [5.41, 5.74) is 1.21. The lowest BCUT2D eigenvalue weighted by atomic mass is 10.2. The van der Waals surface area contributed by atoms with E-state index in [9.17, 15) is 0 Å². The van der Waals surface area contributed by atoms with Gasteiger partial charge in [0.1, 0.15) is 0 Å². The van der Waals surface area contributed by atoms with Crippen LogP contribution in [0.4, 0.5) is 5.69 Å². The summed E-state index contributed by atoms with van der Waals surface area (Å²) in [6.07, 6.45) is 7.43. The van der Waals surface area contributed by atoms with Crippen LogP contribution in [0.15, 0.2) is 22.9 Å². The van der Waals surface area contributed by atoms with Crippen LogP contribution in [0, 0.1) is 0 Å². The molecule has 1 rings (SSSR count). The number of alkyl halides is 1. The molecule has 0 saturated heterocycles. The zero-order chi connectivity index (χ0) is 11.1. The summed E-state index contributed by atoms with van der Waals surface area (Å²) < 4.78 is 1.06. The van der Waals surface area contributed by atoms with Gasteiger partial charge >= 0.3 is 0 Å². The number of rotatable bonds is 6. The number of halogens is 2. The maximum Gasteiger partial charge on any atom is 0.0592 e. The molecule has 0 atom stereocenters. The average molecular weight is 336 g/mol. The Kier molecular flexibility index (Phi) is 6.25. The Hall–Kier alpha value is -0.0900. The fourth-order valence-corrected chi connectivity index (χ4v) is 2.37. The van der Waals surface area contributed by atoms with Crippen LogP contribution in [-0.4, -0.2) is 23.9 Å². The molecular formula is C11H16Br2N2. The first-order chi connectivity index (χ1) is 7.25. The number of nitrogens with zero attached hydrogens (tertiary/aromatic N) is 2. The fraction of sp³-hybridized carbons (Fsp3) is 0.545. The van der Waals surface area contributed by atoms with Crippen LogP contribution in [-0.2, 0) is 0 Å². The highest BCUT2D eigenvalue weighted by Crippen LogP contribution is 2.23. The fourth-order valence-electron chi connectivity index (χ4n) is 1.42. The van der Waals surface area contributed by atoms with Gasteiger partial charge in [0, 0.05) is 31.3 Å². The van der Waals surface area contributed by atoms with Crippen LogP contribution in [0.5, 0.6) is 0 Å². The van der Waals surface area contributed by atoms with Crippen molar-refractivity contribution in [3.63, 3.8) is 0 Å². The van der Waals surface area contributed by atoms with E-state index in [4.69, 9.17) is 0 Å². The molecule has 0 unspecified atom stereocenters. The van der Waals surface area contributed by atoms with Gasteiger partial charge in [-0.05, 0) is 34.8 Å². The van der Waals surface area contributed by atoms with Gasteiger partial charge in [0.15, 0.2) is 0 Å². The lowest BCUT2D eigenvalue weighted by Gasteiger charge is -2.20. The topological polar surface area (TPSA) is 16.1 Å². The van der Waals surface area contributed by atoms with Gasteiger partial charge in [-0.1, -0.05) is 22.4 Å². The third kappa shape index (κ3) is 4.51. The van der Waals surface area contributed by atoms with E-state index in [1.165, 1.54) is 24.9 Å². The third-order valence-corrected chi connectivity index (χ3v) is 3.46. The summed E-state index contributed by atoms with van der Waals surface area (Å²) in [6, 6.07) is 2.04. The molecule has 0 aliphatic rings. The first kappa shape index (κ1) is 13.0. The molecule has 0 radical (unpaired) electrons. The number of hydrogen-bond donors (Lipinski definition) is 0. The predicted octanol–water partition coefficient (Wildman–Crippen LogP) is 3.85. The molecule has 0 aromatic carbocycles. The second kappa shape index (κ2) is 7.23. The Morgan fingerprint density at radius 2 is 2.13 bits per heavy atom. The summed E-state index contributed by atoms with van der Waals surface area (Å²) in [5.74, 6) is 0. The Balaban J connectivity index is 2.40. The van der Waals surface area contributed by atoms with Crippen molar-refractivity contribution in [2.45, 2.75) is 19.3 Å². The highest BCUT2D eigenvalue weighted by molar-refractivity contribution is 9.10. The number of unbranched alkanes of at least 4 members (excludes halogenated alkanes) is 2. The molecule has 0 bridgehead atoms. The van der Waals surface area contributed by atoms with Crippen molar-refractivity contribution in [1.29, 1.82) is 0 Å². The van der Waals surface area contributed by atoms with E-state index in [0.29, 0.717) is 0 Å². The van der Waals surface area contributed by atoms with Gasteiger partial charge in [-0.2, -0.15) is 0 Å². The summed E-state index contributed by atoms with van der Waals surface area (Å²) in [4.78, 5) is 6.32. The molecule has 0 aliphatic carbocycles. The van der Waals surface area contributed by atoms with Gasteiger partial charge in [-0.15, -0.1) is 0 Å². The maximum absolute atomic E-state index is 4.06. The Morgan fingerprint density at radius 1 is 1.33 bits per heavy atom. The van der Waals surface area contributed by atoms with Crippen molar-refractivity contribution in [3.05, 3.63) is 22.9 Å². The molecule has 0 spiro atoms. The maximum atomic E-state index is 4.06. The van der Waals surface area contributed by atoms with Gasteiger partial charge < -0.3 is 4.90 Å². The zero-order valence-electron chi connectivity index (χ0n) is 8.92. The van der Waals surface area contributed by atoms with Crippen molar-refractivity contribution in [3.8, 4) is 0 Å². The molecule has 15 heavy (non-hydrogen) atoms. The summed E-state index contributed by atoms with van der Waals surface area (Å²) >= 11 is 6.95. The van der Waals surface area contributed by atoms with E-state index in [1.807, 2.05) is 18.5 Å². The molecule has 0 amide bonds. The van der Waals surface area contributed by atoms with E-state index in [2.05, 4.69) is 48.8 Å². The molecule has 1 aromatic rings. The zero-order valence-corrected chi connectivity index (χ0v) is 12.1. The summed E-state index contributed by atoms with van der Waals surface area (Å²) in [7, 11) is 2.12. The van der Waals surface area contributed by atoms with Crippen LogP contribution >= 0.6 is 31.9 Å². The normalized spacial score (nSPS) is 10.3. The van der Waals surface area contributed by atoms with Gasteiger partial charge in [0.25, 0.3) is 0 Å². The van der Waals surface area contributed by atoms with E-state index < -0.39 is 0 Å². The highest BCUT2D eigenvalue weighted by atomic mass is 79.9. The van der Waals surface area contributed by atoms with Gasteiger partial charge in [-0.3, -0.25) is 4.98 Å². The van der Waals surface area contributed by atoms with Crippen molar-refractivity contribution >= 4 is 37.5 Å². The second-order valence-electron chi connectivity index (χ2n) is 3.50. The van der Waals surface area contributed by atoms with Crippen LogP contribution in [0.3, 0.4) is 0 Å². The number of pyridine rings is 1. The van der Waals surface area contributed by atoms with Crippen LogP contribution in [0.2, 0.25) is 0 Å². The molecular weight excluding hydrogens is 320 g/mol. The number of aromatic nitrogens is 1. The molecule has 4 heteroatoms. The molecule has 0 N–H and O–H groups in total. The SMILES string of the molecule is CN(CCCCCBr)c1ccncc1Br. The lowest BCUT2D eigenvalue weighted by molar-refractivity contribution is 0.710. The van der Waals surface area contributed by atoms with Gasteiger partial charge in [-0.25, -0.2) is 0 Å². The first-order valence-corrected chi connectivity index (χ1v) is 7.03. The third-order valence-electron chi connectivity index (χ3n) is 2.29. The van der Waals surface area contributed by atoms with E-state index in [0.717, 1.165) is 16.3 Å². The average Bonchev–Trinajstić information content (AvgIpc) is 2.25. The Labute approximate surface area is 108 Å².